The SMILES string of the molecule is COc1cc2c(cc1OC)CN(CC(=O)N1CCN(Cc3ccccc3C)CC1)CC2. The molecule has 2 aliphatic rings. The number of methoxy groups -OCH3 is 2. The number of aryl methyl sites for hydroxylation is 1. The van der Waals surface area contributed by atoms with Crippen molar-refractivity contribution in [3.05, 3.63) is 58.7 Å². The fourth-order valence-electron chi connectivity index (χ4n) is 4.55. The van der Waals surface area contributed by atoms with Gasteiger partial charge in [0.25, 0.3) is 0 Å². The molecule has 31 heavy (non-hydrogen) atoms. The summed E-state index contributed by atoms with van der Waals surface area (Å²) in [6, 6.07) is 12.7. The van der Waals surface area contributed by atoms with Crippen LogP contribution in [0.25, 0.3) is 0 Å². The Hall–Kier alpha value is -2.57. The molecule has 0 saturated carbocycles. The summed E-state index contributed by atoms with van der Waals surface area (Å²) in [5, 5.41) is 0. The van der Waals surface area contributed by atoms with Crippen LogP contribution in [0.5, 0.6) is 11.5 Å². The lowest BCUT2D eigenvalue weighted by Crippen LogP contribution is -2.51. The third-order valence-electron chi connectivity index (χ3n) is 6.54. The topological polar surface area (TPSA) is 45.3 Å². The summed E-state index contributed by atoms with van der Waals surface area (Å²) in [6.45, 7) is 8.74. The molecule has 6 nitrogen and oxygen atoms in total. The van der Waals surface area contributed by atoms with Crippen LogP contribution in [0, 0.1) is 6.92 Å². The van der Waals surface area contributed by atoms with E-state index in [4.69, 9.17) is 9.47 Å². The van der Waals surface area contributed by atoms with E-state index in [1.54, 1.807) is 14.2 Å². The third kappa shape index (κ3) is 5.02. The number of carbonyl (C=O) groups excluding carboxylic acids is 1. The number of rotatable bonds is 6. The van der Waals surface area contributed by atoms with Crippen LogP contribution in [0.15, 0.2) is 36.4 Å². The maximum Gasteiger partial charge on any atom is 0.236 e. The summed E-state index contributed by atoms with van der Waals surface area (Å²) in [5.41, 5.74) is 5.22. The van der Waals surface area contributed by atoms with Gasteiger partial charge in [0.05, 0.1) is 20.8 Å². The van der Waals surface area contributed by atoms with Crippen LogP contribution in [0.3, 0.4) is 0 Å². The third-order valence-corrected chi connectivity index (χ3v) is 6.54. The summed E-state index contributed by atoms with van der Waals surface area (Å²) >= 11 is 0. The first kappa shape index (κ1) is 21.7. The quantitative estimate of drug-likeness (QED) is 0.715. The van der Waals surface area contributed by atoms with Crippen LogP contribution < -0.4 is 9.47 Å². The average molecular weight is 424 g/mol. The van der Waals surface area contributed by atoms with E-state index in [-0.39, 0.29) is 5.91 Å². The van der Waals surface area contributed by atoms with Crippen molar-refractivity contribution < 1.29 is 14.3 Å². The van der Waals surface area contributed by atoms with E-state index in [1.807, 2.05) is 4.90 Å². The first-order valence-corrected chi connectivity index (χ1v) is 11.1. The molecule has 2 aliphatic heterocycles. The highest BCUT2D eigenvalue weighted by Crippen LogP contribution is 2.33. The largest absolute Gasteiger partial charge is 0.493 e. The van der Waals surface area contributed by atoms with Crippen LogP contribution in [-0.2, 0) is 24.3 Å². The number of amides is 1. The second-order valence-corrected chi connectivity index (χ2v) is 8.52. The standard InChI is InChI=1S/C25H33N3O3/c1-19-6-4-5-7-21(19)16-26-10-12-28(13-11-26)25(29)18-27-9-8-20-14-23(30-2)24(31-3)15-22(20)17-27/h4-7,14-15H,8-13,16-18H2,1-3H3. The molecule has 0 atom stereocenters. The van der Waals surface area contributed by atoms with Crippen molar-refractivity contribution in [1.82, 2.24) is 14.7 Å². The molecule has 1 fully saturated rings. The number of hydrogen-bond acceptors (Lipinski definition) is 5. The molecular formula is C25H33N3O3. The summed E-state index contributed by atoms with van der Waals surface area (Å²) in [4.78, 5) is 19.7. The molecule has 166 valence electrons. The minimum Gasteiger partial charge on any atom is -0.493 e. The van der Waals surface area contributed by atoms with Gasteiger partial charge in [-0.1, -0.05) is 24.3 Å². The summed E-state index contributed by atoms with van der Waals surface area (Å²) in [7, 11) is 3.33. The van der Waals surface area contributed by atoms with Crippen molar-refractivity contribution in [1.29, 1.82) is 0 Å². The smallest absolute Gasteiger partial charge is 0.236 e. The maximum absolute atomic E-state index is 12.9. The minimum atomic E-state index is 0.236. The number of nitrogens with zero attached hydrogens (tertiary/aromatic N) is 3. The Morgan fingerprint density at radius 3 is 2.26 bits per heavy atom. The van der Waals surface area contributed by atoms with Crippen LogP contribution >= 0.6 is 0 Å². The fraction of sp³-hybridized carbons (Fsp3) is 0.480. The Morgan fingerprint density at radius 2 is 1.58 bits per heavy atom. The fourth-order valence-corrected chi connectivity index (χ4v) is 4.55. The number of ether oxygens (including phenoxy) is 2. The van der Waals surface area contributed by atoms with E-state index in [9.17, 15) is 4.79 Å². The lowest BCUT2D eigenvalue weighted by atomic mass is 9.98. The lowest BCUT2D eigenvalue weighted by molar-refractivity contribution is -0.134. The second kappa shape index (κ2) is 9.71. The predicted octanol–water partition coefficient (Wildman–Crippen LogP) is 2.71. The van der Waals surface area contributed by atoms with Gasteiger partial charge in [0.2, 0.25) is 5.91 Å². The summed E-state index contributed by atoms with van der Waals surface area (Å²) in [5.74, 6) is 1.76. The molecule has 1 saturated heterocycles. The molecule has 0 aromatic heterocycles. The highest BCUT2D eigenvalue weighted by Gasteiger charge is 2.25. The molecule has 0 N–H and O–H groups in total. The molecule has 1 amide bonds. The number of fused-ring (bicyclic) bond motifs is 1. The maximum atomic E-state index is 12.9. The van der Waals surface area contributed by atoms with Crippen LogP contribution in [0.4, 0.5) is 0 Å². The Labute approximate surface area is 185 Å². The molecule has 2 heterocycles. The van der Waals surface area contributed by atoms with Crippen LogP contribution in [-0.4, -0.2) is 74.1 Å². The van der Waals surface area contributed by atoms with Crippen LogP contribution in [0.2, 0.25) is 0 Å². The first-order valence-electron chi connectivity index (χ1n) is 11.1. The molecule has 0 aliphatic carbocycles. The molecule has 0 spiro atoms. The van der Waals surface area contributed by atoms with Gasteiger partial charge >= 0.3 is 0 Å². The first-order chi connectivity index (χ1) is 15.1. The molecule has 2 aromatic rings. The van der Waals surface area contributed by atoms with Gasteiger partial charge in [0.1, 0.15) is 0 Å². The Morgan fingerprint density at radius 1 is 0.903 bits per heavy atom. The van der Waals surface area contributed by atoms with E-state index in [2.05, 4.69) is 53.1 Å². The van der Waals surface area contributed by atoms with Gasteiger partial charge in [0, 0.05) is 45.8 Å². The van der Waals surface area contributed by atoms with Gasteiger partial charge in [-0.2, -0.15) is 0 Å². The minimum absolute atomic E-state index is 0.236. The second-order valence-electron chi connectivity index (χ2n) is 8.52. The summed E-state index contributed by atoms with van der Waals surface area (Å²) in [6.07, 6.45) is 0.924. The van der Waals surface area contributed by atoms with Crippen molar-refractivity contribution in [3.8, 4) is 11.5 Å². The number of benzene rings is 2. The van der Waals surface area contributed by atoms with E-state index >= 15 is 0 Å². The van der Waals surface area contributed by atoms with Gasteiger partial charge in [-0.25, -0.2) is 0 Å². The van der Waals surface area contributed by atoms with Gasteiger partial charge in [-0.05, 0) is 47.7 Å². The zero-order valence-corrected chi connectivity index (χ0v) is 18.9. The Kier molecular flexibility index (Phi) is 6.78. The van der Waals surface area contributed by atoms with Crippen molar-refractivity contribution >= 4 is 5.91 Å². The number of carbonyl (C=O) groups is 1. The normalized spacial score (nSPS) is 17.3. The average Bonchev–Trinajstić information content (AvgIpc) is 2.80. The monoisotopic (exact) mass is 423 g/mol. The zero-order valence-electron chi connectivity index (χ0n) is 18.9. The molecule has 0 radical (unpaired) electrons. The molecule has 6 heteroatoms. The molecule has 4 rings (SSSR count). The van der Waals surface area contributed by atoms with Gasteiger partial charge in [0.15, 0.2) is 11.5 Å². The highest BCUT2D eigenvalue weighted by molar-refractivity contribution is 5.78. The Balaban J connectivity index is 1.29. The summed E-state index contributed by atoms with van der Waals surface area (Å²) < 4.78 is 10.9. The number of hydrogen-bond donors (Lipinski definition) is 0. The van der Waals surface area contributed by atoms with E-state index < -0.39 is 0 Å². The molecule has 0 unspecified atom stereocenters. The van der Waals surface area contributed by atoms with Crippen molar-refractivity contribution in [2.24, 2.45) is 0 Å². The molecule has 0 bridgehead atoms. The van der Waals surface area contributed by atoms with Crippen LogP contribution in [0.1, 0.15) is 22.3 Å². The predicted molar refractivity (Wildman–Crippen MR) is 122 cm³/mol. The Bertz CT molecular complexity index is 922. The van der Waals surface area contributed by atoms with E-state index in [0.717, 1.165) is 63.7 Å². The highest BCUT2D eigenvalue weighted by atomic mass is 16.5. The van der Waals surface area contributed by atoms with Gasteiger partial charge in [-0.3, -0.25) is 14.6 Å². The van der Waals surface area contributed by atoms with Crippen molar-refractivity contribution in [2.45, 2.75) is 26.4 Å². The van der Waals surface area contributed by atoms with E-state index in [0.29, 0.717) is 6.54 Å². The zero-order chi connectivity index (χ0) is 21.8. The number of piperazine rings is 1. The lowest BCUT2D eigenvalue weighted by Gasteiger charge is -2.36. The molecular weight excluding hydrogens is 390 g/mol. The van der Waals surface area contributed by atoms with Gasteiger partial charge < -0.3 is 14.4 Å². The molecule has 2 aromatic carbocycles. The van der Waals surface area contributed by atoms with Crippen molar-refractivity contribution in [3.63, 3.8) is 0 Å². The van der Waals surface area contributed by atoms with Gasteiger partial charge in [-0.15, -0.1) is 0 Å². The van der Waals surface area contributed by atoms with E-state index in [1.165, 1.54) is 22.3 Å². The van der Waals surface area contributed by atoms with Crippen molar-refractivity contribution in [2.75, 3.05) is 53.5 Å².